The number of pyridine rings is 1. The molecule has 0 saturated carbocycles. The number of ether oxygens (including phenoxy) is 1. The van der Waals surface area contributed by atoms with Gasteiger partial charge in [0.15, 0.2) is 5.76 Å². The minimum atomic E-state index is -0.245. The molecule has 1 aromatic carbocycles. The summed E-state index contributed by atoms with van der Waals surface area (Å²) in [5.41, 5.74) is 2.61. The van der Waals surface area contributed by atoms with E-state index in [0.29, 0.717) is 18.8 Å². The van der Waals surface area contributed by atoms with Crippen LogP contribution in [0.5, 0.6) is 5.75 Å². The van der Waals surface area contributed by atoms with Gasteiger partial charge in [0.05, 0.1) is 13.4 Å². The van der Waals surface area contributed by atoms with E-state index in [4.69, 9.17) is 9.15 Å². The first-order valence-corrected chi connectivity index (χ1v) is 7.88. The molecule has 3 rings (SSSR count). The first-order valence-electron chi connectivity index (χ1n) is 7.88. The van der Waals surface area contributed by atoms with Gasteiger partial charge in [-0.25, -0.2) is 4.79 Å². The van der Waals surface area contributed by atoms with Crippen LogP contribution in [0, 0.1) is 0 Å². The number of aromatic nitrogens is 1. The van der Waals surface area contributed by atoms with Gasteiger partial charge in [-0.05, 0) is 35.9 Å². The molecule has 6 heteroatoms. The van der Waals surface area contributed by atoms with E-state index in [9.17, 15) is 4.79 Å². The van der Waals surface area contributed by atoms with Crippen LogP contribution in [0.4, 0.5) is 4.79 Å². The van der Waals surface area contributed by atoms with Gasteiger partial charge in [-0.3, -0.25) is 4.98 Å². The molecule has 0 spiro atoms. The Balaban J connectivity index is 1.54. The first kappa shape index (κ1) is 16.6. The van der Waals surface area contributed by atoms with Crippen molar-refractivity contribution in [3.05, 3.63) is 72.1 Å². The molecule has 128 valence electrons. The first-order chi connectivity index (χ1) is 12.3. The molecule has 0 atom stereocenters. The van der Waals surface area contributed by atoms with Gasteiger partial charge in [-0.2, -0.15) is 0 Å². The van der Waals surface area contributed by atoms with E-state index in [2.05, 4.69) is 15.6 Å². The van der Waals surface area contributed by atoms with Gasteiger partial charge in [-0.1, -0.05) is 18.2 Å². The smallest absolute Gasteiger partial charge is 0.315 e. The normalized spacial score (nSPS) is 10.3. The number of carbonyl (C=O) groups excluding carboxylic acids is 1. The Labute approximate surface area is 145 Å². The average Bonchev–Trinajstić information content (AvgIpc) is 3.20. The lowest BCUT2D eigenvalue weighted by Crippen LogP contribution is -2.34. The van der Waals surface area contributed by atoms with Gasteiger partial charge in [0.2, 0.25) is 0 Å². The predicted molar refractivity (Wildman–Crippen MR) is 94.0 cm³/mol. The summed E-state index contributed by atoms with van der Waals surface area (Å²) in [6.07, 6.45) is 3.30. The molecule has 0 radical (unpaired) electrons. The van der Waals surface area contributed by atoms with Crippen molar-refractivity contribution in [1.29, 1.82) is 0 Å². The zero-order valence-electron chi connectivity index (χ0n) is 13.9. The van der Waals surface area contributed by atoms with Gasteiger partial charge in [0, 0.05) is 24.8 Å². The van der Waals surface area contributed by atoms with Crippen molar-refractivity contribution in [3.8, 4) is 17.2 Å². The van der Waals surface area contributed by atoms with Crippen LogP contribution in [-0.4, -0.2) is 18.1 Å². The fraction of sp³-hybridized carbons (Fsp3) is 0.158. The second kappa shape index (κ2) is 8.01. The van der Waals surface area contributed by atoms with Gasteiger partial charge >= 0.3 is 6.03 Å². The Kier molecular flexibility index (Phi) is 5.31. The number of benzene rings is 1. The van der Waals surface area contributed by atoms with E-state index < -0.39 is 0 Å². The third-order valence-electron chi connectivity index (χ3n) is 3.70. The fourth-order valence-electron chi connectivity index (χ4n) is 2.38. The zero-order valence-corrected chi connectivity index (χ0v) is 13.9. The number of hydrogen-bond acceptors (Lipinski definition) is 4. The molecule has 0 unspecified atom stereocenters. The Morgan fingerprint density at radius 3 is 2.60 bits per heavy atom. The topological polar surface area (TPSA) is 76.4 Å². The second-order valence-corrected chi connectivity index (χ2v) is 5.37. The Morgan fingerprint density at radius 1 is 1.08 bits per heavy atom. The molecular weight excluding hydrogens is 318 g/mol. The molecule has 0 saturated heterocycles. The summed E-state index contributed by atoms with van der Waals surface area (Å²) >= 11 is 0. The third-order valence-corrected chi connectivity index (χ3v) is 3.70. The number of nitrogens with zero attached hydrogens (tertiary/aromatic N) is 1. The van der Waals surface area contributed by atoms with Crippen LogP contribution in [0.3, 0.4) is 0 Å². The van der Waals surface area contributed by atoms with Gasteiger partial charge in [0.1, 0.15) is 11.4 Å². The number of nitrogens with one attached hydrogen (secondary N) is 2. The van der Waals surface area contributed by atoms with E-state index in [0.717, 1.165) is 22.6 Å². The quantitative estimate of drug-likeness (QED) is 0.723. The van der Waals surface area contributed by atoms with E-state index in [1.54, 1.807) is 19.6 Å². The molecule has 0 bridgehead atoms. The van der Waals surface area contributed by atoms with Crippen molar-refractivity contribution in [1.82, 2.24) is 15.6 Å². The lowest BCUT2D eigenvalue weighted by Gasteiger charge is -2.10. The monoisotopic (exact) mass is 337 g/mol. The summed E-state index contributed by atoms with van der Waals surface area (Å²) in [5.74, 6) is 1.46. The highest BCUT2D eigenvalue weighted by atomic mass is 16.5. The minimum absolute atomic E-state index is 0.245. The fourth-order valence-corrected chi connectivity index (χ4v) is 2.38. The molecule has 2 heterocycles. The average molecular weight is 337 g/mol. The molecule has 0 aliphatic heterocycles. The maximum atomic E-state index is 12.0. The van der Waals surface area contributed by atoms with Crippen LogP contribution < -0.4 is 15.4 Å². The Bertz CT molecular complexity index is 814. The van der Waals surface area contributed by atoms with Crippen molar-refractivity contribution < 1.29 is 13.9 Å². The van der Waals surface area contributed by atoms with Crippen LogP contribution >= 0.6 is 0 Å². The summed E-state index contributed by atoms with van der Waals surface area (Å²) in [6, 6.07) is 14.7. The number of carbonyl (C=O) groups is 1. The molecule has 0 aliphatic carbocycles. The number of rotatable bonds is 6. The molecule has 2 amide bonds. The van der Waals surface area contributed by atoms with Crippen LogP contribution in [0.25, 0.3) is 11.5 Å². The van der Waals surface area contributed by atoms with Crippen LogP contribution in [0.2, 0.25) is 0 Å². The van der Waals surface area contributed by atoms with E-state index >= 15 is 0 Å². The number of hydrogen-bond donors (Lipinski definition) is 2. The number of urea groups is 1. The highest BCUT2D eigenvalue weighted by Gasteiger charge is 2.09. The summed E-state index contributed by atoms with van der Waals surface area (Å²) < 4.78 is 10.5. The summed E-state index contributed by atoms with van der Waals surface area (Å²) in [7, 11) is 1.62. The van der Waals surface area contributed by atoms with Crippen molar-refractivity contribution in [3.63, 3.8) is 0 Å². The lowest BCUT2D eigenvalue weighted by atomic mass is 10.1. The SMILES string of the molecule is COc1ccc(CNC(=O)NCc2cccnc2-c2ccco2)cc1. The summed E-state index contributed by atoms with van der Waals surface area (Å²) in [6.45, 7) is 0.798. The van der Waals surface area contributed by atoms with Crippen LogP contribution in [0.15, 0.2) is 65.4 Å². The number of methoxy groups -OCH3 is 1. The summed E-state index contributed by atoms with van der Waals surface area (Å²) in [4.78, 5) is 16.4. The second-order valence-electron chi connectivity index (χ2n) is 5.37. The third kappa shape index (κ3) is 4.38. The summed E-state index contributed by atoms with van der Waals surface area (Å²) in [5, 5.41) is 5.66. The van der Waals surface area contributed by atoms with Crippen molar-refractivity contribution in [2.45, 2.75) is 13.1 Å². The van der Waals surface area contributed by atoms with Crippen LogP contribution in [0.1, 0.15) is 11.1 Å². The standard InChI is InChI=1S/C19H19N3O3/c1-24-16-8-6-14(7-9-16)12-21-19(23)22-13-15-4-2-10-20-18(15)17-5-3-11-25-17/h2-11H,12-13H2,1H3,(H2,21,22,23). The lowest BCUT2D eigenvalue weighted by molar-refractivity contribution is 0.240. The molecule has 25 heavy (non-hydrogen) atoms. The number of furan rings is 1. The van der Waals surface area contributed by atoms with E-state index in [1.165, 1.54) is 0 Å². The molecule has 6 nitrogen and oxygen atoms in total. The van der Waals surface area contributed by atoms with Gasteiger partial charge in [0.25, 0.3) is 0 Å². The highest BCUT2D eigenvalue weighted by molar-refractivity contribution is 5.74. The maximum absolute atomic E-state index is 12.0. The predicted octanol–water partition coefficient (Wildman–Crippen LogP) is 3.35. The van der Waals surface area contributed by atoms with Crippen LogP contribution in [-0.2, 0) is 13.1 Å². The van der Waals surface area contributed by atoms with E-state index in [1.807, 2.05) is 48.5 Å². The van der Waals surface area contributed by atoms with Gasteiger partial charge < -0.3 is 19.8 Å². The van der Waals surface area contributed by atoms with Gasteiger partial charge in [-0.15, -0.1) is 0 Å². The zero-order chi connectivity index (χ0) is 17.5. The molecule has 0 fully saturated rings. The largest absolute Gasteiger partial charge is 0.497 e. The minimum Gasteiger partial charge on any atom is -0.497 e. The maximum Gasteiger partial charge on any atom is 0.315 e. The molecule has 2 aromatic heterocycles. The number of amides is 2. The van der Waals surface area contributed by atoms with E-state index in [-0.39, 0.29) is 6.03 Å². The van der Waals surface area contributed by atoms with Crippen molar-refractivity contribution in [2.75, 3.05) is 7.11 Å². The molecule has 3 aromatic rings. The Morgan fingerprint density at radius 2 is 1.88 bits per heavy atom. The molecular formula is C19H19N3O3. The Hall–Kier alpha value is -3.28. The molecule has 2 N–H and O–H groups in total. The highest BCUT2D eigenvalue weighted by Crippen LogP contribution is 2.21. The van der Waals surface area contributed by atoms with Crippen molar-refractivity contribution >= 4 is 6.03 Å². The van der Waals surface area contributed by atoms with Crippen molar-refractivity contribution in [2.24, 2.45) is 0 Å². The molecule has 0 aliphatic rings.